The highest BCUT2D eigenvalue weighted by atomic mass is 35.5. The van der Waals surface area contributed by atoms with Crippen LogP contribution in [0.5, 0.6) is 0 Å². The monoisotopic (exact) mass is 225 g/mol. The van der Waals surface area contributed by atoms with Crippen LogP contribution in [-0.2, 0) is 0 Å². The first-order valence-corrected chi connectivity index (χ1v) is 5.85. The van der Waals surface area contributed by atoms with Crippen molar-refractivity contribution >= 4 is 17.4 Å². The first kappa shape index (κ1) is 10.7. The van der Waals surface area contributed by atoms with Crippen molar-refractivity contribution in [1.29, 1.82) is 0 Å². The highest BCUT2D eigenvalue weighted by Gasteiger charge is 2.20. The highest BCUT2D eigenvalue weighted by molar-refractivity contribution is 6.32. The fourth-order valence-electron chi connectivity index (χ4n) is 2.21. The zero-order valence-electron chi connectivity index (χ0n) is 8.99. The molecule has 82 valence electrons. The molecule has 1 aromatic heterocycles. The lowest BCUT2D eigenvalue weighted by atomic mass is 9.94. The average Bonchev–Trinajstić information content (AvgIpc) is 2.30. The van der Waals surface area contributed by atoms with Gasteiger partial charge in [0, 0.05) is 13.1 Å². The number of rotatable bonds is 2. The summed E-state index contributed by atoms with van der Waals surface area (Å²) >= 11 is 6.07. The van der Waals surface area contributed by atoms with Gasteiger partial charge in [-0.05, 0) is 12.8 Å². The Bertz CT molecular complexity index is 323. The van der Waals surface area contributed by atoms with Gasteiger partial charge in [0.05, 0.1) is 6.20 Å². The number of halogens is 1. The minimum atomic E-state index is 0.589. The van der Waals surface area contributed by atoms with E-state index >= 15 is 0 Å². The van der Waals surface area contributed by atoms with Crippen LogP contribution >= 0.6 is 11.6 Å². The van der Waals surface area contributed by atoms with Crippen LogP contribution in [0.1, 0.15) is 32.1 Å². The summed E-state index contributed by atoms with van der Waals surface area (Å²) in [7, 11) is 2.07. The maximum atomic E-state index is 6.07. The number of hydrogen-bond acceptors (Lipinski definition) is 3. The lowest BCUT2D eigenvalue weighted by Gasteiger charge is -2.32. The van der Waals surface area contributed by atoms with Crippen LogP contribution in [0.4, 0.5) is 5.82 Å². The van der Waals surface area contributed by atoms with Crippen molar-refractivity contribution in [2.24, 2.45) is 0 Å². The van der Waals surface area contributed by atoms with Gasteiger partial charge in [-0.3, -0.25) is 0 Å². The van der Waals surface area contributed by atoms with Crippen LogP contribution in [-0.4, -0.2) is 23.1 Å². The minimum Gasteiger partial charge on any atom is -0.355 e. The molecule has 1 aromatic rings. The van der Waals surface area contributed by atoms with Crippen LogP contribution in [0.15, 0.2) is 12.5 Å². The number of aromatic nitrogens is 2. The van der Waals surface area contributed by atoms with Crippen molar-refractivity contribution in [3.63, 3.8) is 0 Å². The van der Waals surface area contributed by atoms with Crippen LogP contribution in [0.3, 0.4) is 0 Å². The van der Waals surface area contributed by atoms with E-state index in [1.165, 1.54) is 32.1 Å². The molecule has 0 unspecified atom stereocenters. The number of anilines is 1. The molecule has 0 saturated heterocycles. The van der Waals surface area contributed by atoms with Gasteiger partial charge in [0.15, 0.2) is 5.82 Å². The maximum Gasteiger partial charge on any atom is 0.150 e. The largest absolute Gasteiger partial charge is 0.355 e. The van der Waals surface area contributed by atoms with E-state index in [2.05, 4.69) is 21.9 Å². The second kappa shape index (κ2) is 4.79. The van der Waals surface area contributed by atoms with Gasteiger partial charge in [0.25, 0.3) is 0 Å². The Balaban J connectivity index is 2.12. The predicted molar refractivity (Wildman–Crippen MR) is 62.3 cm³/mol. The summed E-state index contributed by atoms with van der Waals surface area (Å²) in [6.07, 6.45) is 9.70. The van der Waals surface area contributed by atoms with Gasteiger partial charge in [0.1, 0.15) is 11.3 Å². The van der Waals surface area contributed by atoms with Gasteiger partial charge in [-0.15, -0.1) is 0 Å². The molecule has 0 radical (unpaired) electrons. The smallest absolute Gasteiger partial charge is 0.150 e. The van der Waals surface area contributed by atoms with E-state index in [1.807, 2.05) is 0 Å². The summed E-state index contributed by atoms with van der Waals surface area (Å²) in [4.78, 5) is 10.3. The van der Waals surface area contributed by atoms with Crippen molar-refractivity contribution in [2.75, 3.05) is 11.9 Å². The summed E-state index contributed by atoms with van der Waals surface area (Å²) in [5, 5.41) is 0.644. The normalized spacial score (nSPS) is 17.7. The molecule has 4 heteroatoms. The lowest BCUT2D eigenvalue weighted by molar-refractivity contribution is 0.426. The second-order valence-corrected chi connectivity index (χ2v) is 4.50. The second-order valence-electron chi connectivity index (χ2n) is 4.10. The van der Waals surface area contributed by atoms with Crippen LogP contribution in [0.2, 0.25) is 5.02 Å². The third-order valence-corrected chi connectivity index (χ3v) is 3.37. The molecule has 0 bridgehead atoms. The van der Waals surface area contributed by atoms with Crippen molar-refractivity contribution in [3.05, 3.63) is 17.5 Å². The number of nitrogens with zero attached hydrogens (tertiary/aromatic N) is 3. The third kappa shape index (κ3) is 2.40. The molecule has 0 atom stereocenters. The summed E-state index contributed by atoms with van der Waals surface area (Å²) in [5.41, 5.74) is 0. The Morgan fingerprint density at radius 1 is 1.33 bits per heavy atom. The molecule has 15 heavy (non-hydrogen) atoms. The van der Waals surface area contributed by atoms with Crippen LogP contribution in [0, 0.1) is 0 Å². The lowest BCUT2D eigenvalue weighted by Crippen LogP contribution is -2.34. The van der Waals surface area contributed by atoms with Crippen LogP contribution in [0.25, 0.3) is 0 Å². The van der Waals surface area contributed by atoms with Gasteiger partial charge < -0.3 is 4.90 Å². The molecule has 0 N–H and O–H groups in total. The molecule has 0 aliphatic heterocycles. The van der Waals surface area contributed by atoms with Gasteiger partial charge in [-0.2, -0.15) is 0 Å². The first-order valence-electron chi connectivity index (χ1n) is 5.47. The topological polar surface area (TPSA) is 29.0 Å². The van der Waals surface area contributed by atoms with Crippen molar-refractivity contribution in [2.45, 2.75) is 38.1 Å². The first-order chi connectivity index (χ1) is 7.29. The Labute approximate surface area is 95.5 Å². The Morgan fingerprint density at radius 3 is 2.73 bits per heavy atom. The Kier molecular flexibility index (Phi) is 3.41. The third-order valence-electron chi connectivity index (χ3n) is 3.10. The van der Waals surface area contributed by atoms with Gasteiger partial charge in [-0.25, -0.2) is 9.97 Å². The zero-order chi connectivity index (χ0) is 10.7. The highest BCUT2D eigenvalue weighted by Crippen LogP contribution is 2.28. The summed E-state index contributed by atoms with van der Waals surface area (Å²) in [6, 6.07) is 0.589. The molecule has 1 aliphatic carbocycles. The molecule has 2 rings (SSSR count). The quantitative estimate of drug-likeness (QED) is 0.775. The molecular formula is C11H16ClN3. The fourth-order valence-corrected chi connectivity index (χ4v) is 2.45. The maximum absolute atomic E-state index is 6.07. The number of hydrogen-bond donors (Lipinski definition) is 0. The average molecular weight is 226 g/mol. The van der Waals surface area contributed by atoms with Gasteiger partial charge in [0.2, 0.25) is 0 Å². The van der Waals surface area contributed by atoms with E-state index in [0.717, 1.165) is 5.82 Å². The fraction of sp³-hybridized carbons (Fsp3) is 0.636. The summed E-state index contributed by atoms with van der Waals surface area (Å²) in [6.45, 7) is 0. The van der Waals surface area contributed by atoms with E-state index in [-0.39, 0.29) is 0 Å². The SMILES string of the molecule is CN(c1ncncc1Cl)C1CCCCC1. The van der Waals surface area contributed by atoms with Crippen molar-refractivity contribution in [1.82, 2.24) is 9.97 Å². The van der Waals surface area contributed by atoms with Crippen LogP contribution < -0.4 is 4.90 Å². The van der Waals surface area contributed by atoms with E-state index in [4.69, 9.17) is 11.6 Å². The molecule has 0 spiro atoms. The van der Waals surface area contributed by atoms with Crippen molar-refractivity contribution < 1.29 is 0 Å². The van der Waals surface area contributed by atoms with Gasteiger partial charge in [-0.1, -0.05) is 30.9 Å². The van der Waals surface area contributed by atoms with E-state index in [9.17, 15) is 0 Å². The molecule has 1 heterocycles. The molecule has 1 saturated carbocycles. The standard InChI is InChI=1S/C11H16ClN3/c1-15(9-5-3-2-4-6-9)11-10(12)7-13-8-14-11/h7-9H,2-6H2,1H3. The molecule has 0 aromatic carbocycles. The van der Waals surface area contributed by atoms with E-state index in [1.54, 1.807) is 12.5 Å². The van der Waals surface area contributed by atoms with Gasteiger partial charge >= 0.3 is 0 Å². The molecular weight excluding hydrogens is 210 g/mol. The minimum absolute atomic E-state index is 0.589. The summed E-state index contributed by atoms with van der Waals surface area (Å²) in [5.74, 6) is 0.860. The molecule has 3 nitrogen and oxygen atoms in total. The zero-order valence-corrected chi connectivity index (χ0v) is 9.74. The molecule has 0 amide bonds. The van der Waals surface area contributed by atoms with Crippen molar-refractivity contribution in [3.8, 4) is 0 Å². The molecule has 1 fully saturated rings. The summed E-state index contributed by atoms with van der Waals surface area (Å²) < 4.78 is 0. The predicted octanol–water partition coefficient (Wildman–Crippen LogP) is 2.90. The Hall–Kier alpha value is -0.830. The van der Waals surface area contributed by atoms with E-state index < -0.39 is 0 Å². The molecule has 1 aliphatic rings. The van der Waals surface area contributed by atoms with E-state index in [0.29, 0.717) is 11.1 Å². The Morgan fingerprint density at radius 2 is 2.07 bits per heavy atom.